The smallest absolute Gasteiger partial charge is 0.872 e. The quantitative estimate of drug-likeness (QED) is 0.177. The van der Waals surface area contributed by atoms with Crippen molar-refractivity contribution in [2.24, 2.45) is 22.7 Å². The summed E-state index contributed by atoms with van der Waals surface area (Å²) < 4.78 is 36.4. The van der Waals surface area contributed by atoms with Crippen molar-refractivity contribution < 1.29 is 56.9 Å². The molecule has 39 heavy (non-hydrogen) atoms. The van der Waals surface area contributed by atoms with Gasteiger partial charge in [0.05, 0.1) is 0 Å². The Labute approximate surface area is 257 Å². The number of aromatic hydroxyl groups is 1. The van der Waals surface area contributed by atoms with Crippen LogP contribution in [0, 0.1) is 22.7 Å². The molecule has 2 N–H and O–H groups in total. The van der Waals surface area contributed by atoms with Crippen molar-refractivity contribution in [3.63, 3.8) is 0 Å². The first-order valence-electron chi connectivity index (χ1n) is 13.9. The van der Waals surface area contributed by atoms with Crippen molar-refractivity contribution in [2.45, 2.75) is 98.8 Å². The molecule has 0 unspecified atom stereocenters. The fourth-order valence-electron chi connectivity index (χ4n) is 7.10. The van der Waals surface area contributed by atoms with Gasteiger partial charge in [-0.1, -0.05) is 62.6 Å². The predicted molar refractivity (Wildman–Crippen MR) is 150 cm³/mol. The van der Waals surface area contributed by atoms with Crippen molar-refractivity contribution in [1.29, 1.82) is 0 Å². The van der Waals surface area contributed by atoms with E-state index < -0.39 is 10.4 Å². The minimum absolute atomic E-state index is 0. The van der Waals surface area contributed by atoms with Gasteiger partial charge in [-0.15, -0.1) is 5.75 Å². The van der Waals surface area contributed by atoms with Crippen LogP contribution in [0.1, 0.15) is 98.0 Å². The molecule has 8 heteroatoms. The second-order valence-electron chi connectivity index (χ2n) is 12.4. The molecule has 1 saturated carbocycles. The SMILES string of the molecule is CC1=CC[C@H]2C(C)(C)CCC[C@]2(C)[C@H]1CC/C(=C\OS(=O)(=O)O)CCC/C(C)=C/Cc1cc([O-])ccc1O.[Na+]. The second kappa shape index (κ2) is 14.1. The molecule has 6 nitrogen and oxygen atoms in total. The van der Waals surface area contributed by atoms with Crippen LogP contribution in [0.2, 0.25) is 0 Å². The number of phenolic OH excluding ortho intramolecular Hbond substituents is 1. The van der Waals surface area contributed by atoms with Gasteiger partial charge in [0.25, 0.3) is 0 Å². The summed E-state index contributed by atoms with van der Waals surface area (Å²) in [6, 6.07) is 4.22. The Morgan fingerprint density at radius 1 is 1.18 bits per heavy atom. The maximum absolute atomic E-state index is 11.6. The molecular formula is C31H45NaO6S. The van der Waals surface area contributed by atoms with E-state index in [1.807, 2.05) is 13.0 Å². The summed E-state index contributed by atoms with van der Waals surface area (Å²) in [5.74, 6) is 1.05. The normalized spacial score (nSPS) is 25.3. The van der Waals surface area contributed by atoms with Crippen molar-refractivity contribution in [3.8, 4) is 11.5 Å². The summed E-state index contributed by atoms with van der Waals surface area (Å²) in [6.45, 7) is 11.5. The number of hydrogen-bond acceptors (Lipinski definition) is 5. The van der Waals surface area contributed by atoms with Crippen molar-refractivity contribution >= 4 is 10.4 Å². The zero-order valence-electron chi connectivity index (χ0n) is 24.6. The minimum atomic E-state index is -4.56. The zero-order chi connectivity index (χ0) is 28.1. The maximum atomic E-state index is 11.6. The molecule has 0 spiro atoms. The Balaban J connectivity index is 0.00000533. The van der Waals surface area contributed by atoms with Gasteiger partial charge in [-0.25, -0.2) is 0 Å². The van der Waals surface area contributed by atoms with E-state index in [2.05, 4.69) is 38.0 Å². The fraction of sp³-hybridized carbons (Fsp3) is 0.613. The maximum Gasteiger partial charge on any atom is 1.00 e. The summed E-state index contributed by atoms with van der Waals surface area (Å²) in [4.78, 5) is 0. The minimum Gasteiger partial charge on any atom is -0.872 e. The number of allylic oxidation sites excluding steroid dienone is 5. The van der Waals surface area contributed by atoms with Gasteiger partial charge in [0.2, 0.25) is 0 Å². The van der Waals surface area contributed by atoms with Crippen LogP contribution in [-0.2, 0) is 21.0 Å². The topological polar surface area (TPSA) is 107 Å². The van der Waals surface area contributed by atoms with Gasteiger partial charge in [0, 0.05) is 0 Å². The average Bonchev–Trinajstić information content (AvgIpc) is 2.81. The Kier molecular flexibility index (Phi) is 12.3. The molecule has 1 aromatic rings. The Hall–Kier alpha value is -1.25. The first-order valence-corrected chi connectivity index (χ1v) is 15.2. The number of hydrogen-bond donors (Lipinski definition) is 2. The van der Waals surface area contributed by atoms with Crippen LogP contribution in [0.4, 0.5) is 0 Å². The second-order valence-corrected chi connectivity index (χ2v) is 13.4. The van der Waals surface area contributed by atoms with E-state index in [0.717, 1.165) is 36.8 Å². The molecular weight excluding hydrogens is 523 g/mol. The third kappa shape index (κ3) is 9.39. The van der Waals surface area contributed by atoms with E-state index >= 15 is 0 Å². The van der Waals surface area contributed by atoms with Crippen LogP contribution in [0.15, 0.2) is 53.3 Å². The molecule has 0 saturated heterocycles. The molecule has 1 aromatic carbocycles. The van der Waals surface area contributed by atoms with E-state index in [4.69, 9.17) is 4.55 Å². The molecule has 2 aliphatic carbocycles. The first kappa shape index (κ1) is 34.0. The van der Waals surface area contributed by atoms with Crippen LogP contribution in [0.25, 0.3) is 0 Å². The van der Waals surface area contributed by atoms with E-state index in [9.17, 15) is 18.6 Å². The Morgan fingerprint density at radius 3 is 2.59 bits per heavy atom. The van der Waals surface area contributed by atoms with Crippen molar-refractivity contribution in [3.05, 3.63) is 58.9 Å². The van der Waals surface area contributed by atoms with Gasteiger partial charge in [-0.05, 0) is 112 Å². The number of benzene rings is 1. The molecule has 0 radical (unpaired) electrons. The molecule has 0 aliphatic heterocycles. The van der Waals surface area contributed by atoms with E-state index in [1.54, 1.807) is 0 Å². The molecule has 3 rings (SSSR count). The summed E-state index contributed by atoms with van der Waals surface area (Å²) >= 11 is 0. The van der Waals surface area contributed by atoms with Crippen LogP contribution in [0.5, 0.6) is 11.5 Å². The van der Waals surface area contributed by atoms with Crippen LogP contribution < -0.4 is 34.7 Å². The van der Waals surface area contributed by atoms with E-state index in [0.29, 0.717) is 42.1 Å². The molecule has 2 aliphatic rings. The Bertz CT molecular complexity index is 1180. The number of phenols is 1. The molecule has 0 amide bonds. The number of rotatable bonds is 11. The largest absolute Gasteiger partial charge is 1.00 e. The van der Waals surface area contributed by atoms with Gasteiger partial charge in [-0.3, -0.25) is 4.55 Å². The molecule has 0 bridgehead atoms. The summed E-state index contributed by atoms with van der Waals surface area (Å²) in [6.07, 6.45) is 14.8. The molecule has 212 valence electrons. The third-order valence-electron chi connectivity index (χ3n) is 9.18. The predicted octanol–water partition coefficient (Wildman–Crippen LogP) is 4.41. The summed E-state index contributed by atoms with van der Waals surface area (Å²) in [7, 11) is -4.56. The van der Waals surface area contributed by atoms with Crippen LogP contribution >= 0.6 is 0 Å². The van der Waals surface area contributed by atoms with E-state index in [1.165, 1.54) is 49.3 Å². The zero-order valence-corrected chi connectivity index (χ0v) is 27.4. The van der Waals surface area contributed by atoms with Crippen LogP contribution in [0.3, 0.4) is 0 Å². The van der Waals surface area contributed by atoms with Crippen molar-refractivity contribution in [1.82, 2.24) is 0 Å². The Morgan fingerprint density at radius 2 is 1.90 bits per heavy atom. The third-order valence-corrected chi connectivity index (χ3v) is 9.52. The van der Waals surface area contributed by atoms with Gasteiger partial charge in [0.15, 0.2) is 0 Å². The van der Waals surface area contributed by atoms with Gasteiger partial charge in [-0.2, -0.15) is 8.42 Å². The van der Waals surface area contributed by atoms with Gasteiger partial charge < -0.3 is 14.4 Å². The average molecular weight is 569 g/mol. The van der Waals surface area contributed by atoms with Crippen LogP contribution in [-0.4, -0.2) is 18.1 Å². The molecule has 3 atom stereocenters. The summed E-state index contributed by atoms with van der Waals surface area (Å²) in [5.41, 5.74) is 4.57. The molecule has 0 aromatic heterocycles. The first-order chi connectivity index (χ1) is 17.7. The molecule has 1 fully saturated rings. The van der Waals surface area contributed by atoms with Gasteiger partial charge >= 0.3 is 40.0 Å². The number of fused-ring (bicyclic) bond motifs is 1. The monoisotopic (exact) mass is 568 g/mol. The summed E-state index contributed by atoms with van der Waals surface area (Å²) in [5, 5.41) is 21.5. The van der Waals surface area contributed by atoms with Gasteiger partial charge in [0.1, 0.15) is 12.0 Å². The van der Waals surface area contributed by atoms with Crippen molar-refractivity contribution in [2.75, 3.05) is 0 Å². The molecule has 0 heterocycles. The fourth-order valence-corrected chi connectivity index (χ4v) is 7.36. The van der Waals surface area contributed by atoms with E-state index in [-0.39, 0.29) is 46.5 Å². The standard InChI is InChI=1S/C31H46O6S.Na/c1-22(10-13-25-20-26(32)14-16-28(25)33)8-6-9-24(21-37-38(34,35)36)12-15-27-23(2)11-17-29-30(3,4)18-7-19-31(27,29)5;/h10-11,14,16,20-21,27,29,32-33H,6-9,12-13,15,17-19H2,1-5H3,(H,34,35,36);/q;+1/p-1/b22-10+,24-21-;/t27-,29-,31+;/m0./s1.